The van der Waals surface area contributed by atoms with Crippen LogP contribution in [0.2, 0.25) is 0 Å². The third-order valence-corrected chi connectivity index (χ3v) is 4.14. The maximum Gasteiger partial charge on any atom is 0.0734 e. The highest BCUT2D eigenvalue weighted by atomic mass is 32.2. The highest BCUT2D eigenvalue weighted by Gasteiger charge is 2.26. The lowest BCUT2D eigenvalue weighted by Gasteiger charge is -2.23. The summed E-state index contributed by atoms with van der Waals surface area (Å²) in [6.45, 7) is 10.2. The van der Waals surface area contributed by atoms with E-state index in [1.54, 1.807) is 6.20 Å². The fraction of sp³-hybridized carbons (Fsp3) is 0.421. The van der Waals surface area contributed by atoms with E-state index in [1.807, 2.05) is 57.2 Å². The summed E-state index contributed by atoms with van der Waals surface area (Å²) in [5.74, 6) is 0. The molecule has 1 aromatic carbocycles. The van der Waals surface area contributed by atoms with Gasteiger partial charge in [0.15, 0.2) is 0 Å². The molecule has 1 nitrogen and oxygen atoms in total. The lowest BCUT2D eigenvalue weighted by atomic mass is 9.93. The monoisotopic (exact) mass is 319 g/mol. The van der Waals surface area contributed by atoms with E-state index >= 15 is 0 Å². The third kappa shape index (κ3) is 4.84. The summed E-state index contributed by atoms with van der Waals surface area (Å²) >= 11 is 0.367. The molecule has 2 rings (SSSR count). The minimum atomic E-state index is -0.569. The molecule has 1 heterocycles. The van der Waals surface area contributed by atoms with Gasteiger partial charge in [-0.25, -0.2) is 0 Å². The van der Waals surface area contributed by atoms with Crippen molar-refractivity contribution >= 4 is 12.1 Å². The Labute approximate surface area is 138 Å². The Morgan fingerprint density at radius 1 is 1.05 bits per heavy atom. The Morgan fingerprint density at radius 2 is 1.68 bits per heavy atom. The zero-order valence-electron chi connectivity index (χ0n) is 14.2. The summed E-state index contributed by atoms with van der Waals surface area (Å²) in [7, 11) is 0. The summed E-state index contributed by atoms with van der Waals surface area (Å²) in [5.41, 5.74) is 4.00. The molecule has 0 saturated heterocycles. The average Bonchev–Trinajstić information content (AvgIpc) is 2.55. The van der Waals surface area contributed by atoms with Gasteiger partial charge in [0.25, 0.3) is 0 Å². The molecule has 0 N–H and O–H groups in total. The van der Waals surface area contributed by atoms with Crippen LogP contribution < -0.4 is 0 Å². The first-order valence-corrected chi connectivity index (χ1v) is 8.50. The molecule has 0 saturated carbocycles. The minimum absolute atomic E-state index is 0.367. The lowest BCUT2D eigenvalue weighted by molar-refractivity contribution is 0.743. The van der Waals surface area contributed by atoms with Gasteiger partial charge < -0.3 is 0 Å². The molecule has 0 unspecified atom stereocenters. The standard InChI is InChI=1S/C15H16FNS.C4H10/c1-11-7-6-10-17-14(11)12-8-4-5-9-13(12)15(2,3)18-16;1-3-4-2/h4-10H,1-3H3;3-4H2,1-2H3. The van der Waals surface area contributed by atoms with Crippen molar-refractivity contribution in [3.8, 4) is 11.3 Å². The topological polar surface area (TPSA) is 12.9 Å². The van der Waals surface area contributed by atoms with Gasteiger partial charge in [-0.3, -0.25) is 4.98 Å². The van der Waals surface area contributed by atoms with Crippen molar-refractivity contribution in [3.05, 3.63) is 53.7 Å². The molecule has 0 spiro atoms. The molecule has 0 radical (unpaired) electrons. The van der Waals surface area contributed by atoms with Crippen LogP contribution in [0.15, 0.2) is 42.6 Å². The van der Waals surface area contributed by atoms with Crippen molar-refractivity contribution in [2.45, 2.75) is 52.2 Å². The third-order valence-electron chi connectivity index (χ3n) is 3.53. The lowest BCUT2D eigenvalue weighted by Crippen LogP contribution is -2.12. The molecule has 2 aromatic rings. The van der Waals surface area contributed by atoms with E-state index in [4.69, 9.17) is 0 Å². The number of halogens is 1. The van der Waals surface area contributed by atoms with Gasteiger partial charge in [-0.1, -0.05) is 57.0 Å². The highest BCUT2D eigenvalue weighted by molar-refractivity contribution is 7.95. The van der Waals surface area contributed by atoms with Crippen LogP contribution in [0.3, 0.4) is 0 Å². The molecule has 0 fully saturated rings. The summed E-state index contributed by atoms with van der Waals surface area (Å²) < 4.78 is 12.6. The first-order chi connectivity index (χ1) is 10.5. The second kappa shape index (κ2) is 8.94. The molecule has 0 amide bonds. The van der Waals surface area contributed by atoms with E-state index in [0.29, 0.717) is 12.1 Å². The van der Waals surface area contributed by atoms with Crippen LogP contribution in [0.25, 0.3) is 11.3 Å². The zero-order chi connectivity index (χ0) is 16.6. The Bertz CT molecular complexity index is 579. The van der Waals surface area contributed by atoms with E-state index in [0.717, 1.165) is 22.4 Å². The van der Waals surface area contributed by atoms with Gasteiger partial charge in [-0.2, -0.15) is 3.89 Å². The van der Waals surface area contributed by atoms with Crippen LogP contribution in [0, 0.1) is 6.92 Å². The normalized spacial score (nSPS) is 10.8. The Hall–Kier alpha value is -1.35. The van der Waals surface area contributed by atoms with E-state index in [1.165, 1.54) is 12.8 Å². The molecule has 120 valence electrons. The van der Waals surface area contributed by atoms with Crippen LogP contribution in [0.4, 0.5) is 3.89 Å². The fourth-order valence-electron chi connectivity index (χ4n) is 2.02. The van der Waals surface area contributed by atoms with Gasteiger partial charge in [0.1, 0.15) is 0 Å². The quantitative estimate of drug-likeness (QED) is 0.620. The fourth-order valence-corrected chi connectivity index (χ4v) is 2.28. The number of aryl methyl sites for hydroxylation is 1. The summed E-state index contributed by atoms with van der Waals surface area (Å²) in [5, 5.41) is 0. The predicted molar refractivity (Wildman–Crippen MR) is 96.7 cm³/mol. The first-order valence-electron chi connectivity index (χ1n) is 7.79. The number of benzene rings is 1. The van der Waals surface area contributed by atoms with E-state index in [9.17, 15) is 3.89 Å². The SMILES string of the molecule is CCCC.Cc1cccnc1-c1ccccc1C(C)(C)SF. The molecule has 22 heavy (non-hydrogen) atoms. The average molecular weight is 319 g/mol. The van der Waals surface area contributed by atoms with Crippen LogP contribution in [0.5, 0.6) is 0 Å². The first kappa shape index (κ1) is 18.7. The second-order valence-corrected chi connectivity index (χ2v) is 6.98. The molecular weight excluding hydrogens is 293 g/mol. The number of aromatic nitrogens is 1. The Kier molecular flexibility index (Phi) is 7.60. The Balaban J connectivity index is 0.000000541. The summed E-state index contributed by atoms with van der Waals surface area (Å²) in [6, 6.07) is 11.8. The molecule has 0 aliphatic rings. The predicted octanol–water partition coefficient (Wildman–Crippen LogP) is 6.72. The van der Waals surface area contributed by atoms with Crippen LogP contribution in [0.1, 0.15) is 51.7 Å². The maximum atomic E-state index is 13.1. The zero-order valence-corrected chi connectivity index (χ0v) is 15.0. The van der Waals surface area contributed by atoms with Crippen molar-refractivity contribution in [1.29, 1.82) is 0 Å². The van der Waals surface area contributed by atoms with E-state index in [-0.39, 0.29) is 0 Å². The van der Waals surface area contributed by atoms with Crippen molar-refractivity contribution < 1.29 is 3.89 Å². The smallest absolute Gasteiger partial charge is 0.0734 e. The Morgan fingerprint density at radius 3 is 2.23 bits per heavy atom. The number of pyridine rings is 1. The van der Waals surface area contributed by atoms with Crippen molar-refractivity contribution in [2.75, 3.05) is 0 Å². The van der Waals surface area contributed by atoms with Gasteiger partial charge in [0.05, 0.1) is 22.6 Å². The maximum absolute atomic E-state index is 13.1. The van der Waals surface area contributed by atoms with Crippen LogP contribution in [-0.2, 0) is 4.75 Å². The van der Waals surface area contributed by atoms with Crippen LogP contribution >= 0.6 is 12.1 Å². The number of unbranched alkanes of at least 4 members (excludes halogenated alkanes) is 1. The van der Waals surface area contributed by atoms with E-state index < -0.39 is 4.75 Å². The molecule has 1 aromatic heterocycles. The van der Waals surface area contributed by atoms with Gasteiger partial charge in [-0.05, 0) is 38.0 Å². The highest BCUT2D eigenvalue weighted by Crippen LogP contribution is 2.41. The summed E-state index contributed by atoms with van der Waals surface area (Å²) in [6.07, 6.45) is 4.41. The van der Waals surface area contributed by atoms with E-state index in [2.05, 4.69) is 18.8 Å². The second-order valence-electron chi connectivity index (χ2n) is 5.80. The molecule has 0 atom stereocenters. The molecule has 0 bridgehead atoms. The van der Waals surface area contributed by atoms with Crippen LogP contribution in [-0.4, -0.2) is 4.98 Å². The molecule has 0 aliphatic carbocycles. The number of hydrogen-bond acceptors (Lipinski definition) is 2. The van der Waals surface area contributed by atoms with Crippen molar-refractivity contribution in [1.82, 2.24) is 4.98 Å². The largest absolute Gasteiger partial charge is 0.256 e. The van der Waals surface area contributed by atoms with Gasteiger partial charge >= 0.3 is 0 Å². The van der Waals surface area contributed by atoms with Gasteiger partial charge in [0.2, 0.25) is 0 Å². The van der Waals surface area contributed by atoms with Crippen molar-refractivity contribution in [3.63, 3.8) is 0 Å². The van der Waals surface area contributed by atoms with Gasteiger partial charge in [0, 0.05) is 11.8 Å². The molecule has 0 aliphatic heterocycles. The van der Waals surface area contributed by atoms with Crippen molar-refractivity contribution in [2.24, 2.45) is 0 Å². The molecule has 3 heteroatoms. The molecular formula is C19H26FNS. The van der Waals surface area contributed by atoms with Gasteiger partial charge in [-0.15, -0.1) is 0 Å². The minimum Gasteiger partial charge on any atom is -0.256 e. The number of nitrogens with zero attached hydrogens (tertiary/aromatic N) is 1. The summed E-state index contributed by atoms with van der Waals surface area (Å²) in [4.78, 5) is 4.43. The number of rotatable bonds is 4. The number of hydrogen-bond donors (Lipinski definition) is 0.